The second-order valence-corrected chi connectivity index (χ2v) is 0.993. The van der Waals surface area contributed by atoms with E-state index < -0.39 is 0 Å². The van der Waals surface area contributed by atoms with E-state index in [2.05, 4.69) is 6.92 Å². The van der Waals surface area contributed by atoms with Crippen molar-refractivity contribution in [2.24, 2.45) is 0 Å². The van der Waals surface area contributed by atoms with Gasteiger partial charge in [0.25, 0.3) is 0 Å². The zero-order valence-electron chi connectivity index (χ0n) is 5.27. The third-order valence-corrected chi connectivity index (χ3v) is 0.408. The molecule has 0 radical (unpaired) electrons. The first-order chi connectivity index (χ1) is 3.41. The van der Waals surface area contributed by atoms with Crippen LogP contribution in [-0.4, -0.2) is 25.9 Å². The Morgan fingerprint density at radius 1 is 1.43 bits per heavy atom. The lowest BCUT2D eigenvalue weighted by molar-refractivity contribution is 0.199. The van der Waals surface area contributed by atoms with Crippen LogP contribution < -0.4 is 0 Å². The number of methoxy groups -OCH3 is 1. The highest BCUT2D eigenvalue weighted by Gasteiger charge is 1.66. The molecular weight excluding hydrogens is 92.1 g/mol. The molecule has 2 nitrogen and oxygen atoms in total. The van der Waals surface area contributed by atoms with Gasteiger partial charge >= 0.3 is 0 Å². The number of hydrogen-bond acceptors (Lipinski definition) is 2. The average molecular weight is 106 g/mol. The van der Waals surface area contributed by atoms with Gasteiger partial charge < -0.3 is 9.84 Å². The molecule has 7 heavy (non-hydrogen) atoms. The summed E-state index contributed by atoms with van der Waals surface area (Å²) < 4.78 is 4.69. The molecule has 0 aliphatic heterocycles. The number of ether oxygens (including phenoxy) is 1. The quantitative estimate of drug-likeness (QED) is 0.560. The first kappa shape index (κ1) is 10.0. The van der Waals surface area contributed by atoms with E-state index in [1.807, 2.05) is 0 Å². The van der Waals surface area contributed by atoms with Crippen molar-refractivity contribution in [2.45, 2.75) is 13.3 Å². The van der Waals surface area contributed by atoms with Crippen LogP contribution in [0.25, 0.3) is 0 Å². The van der Waals surface area contributed by atoms with E-state index in [1.165, 1.54) is 0 Å². The van der Waals surface area contributed by atoms with Crippen molar-refractivity contribution in [3.8, 4) is 0 Å². The summed E-state index contributed by atoms with van der Waals surface area (Å²) in [6, 6.07) is 0. The molecule has 0 spiro atoms. The summed E-state index contributed by atoms with van der Waals surface area (Å²) in [4.78, 5) is 0. The second kappa shape index (κ2) is 16.8. The third-order valence-electron chi connectivity index (χ3n) is 0.408. The molecule has 0 heterocycles. The van der Waals surface area contributed by atoms with Gasteiger partial charge in [0.05, 0.1) is 0 Å². The molecule has 0 aliphatic carbocycles. The lowest BCUT2D eigenvalue weighted by Gasteiger charge is -1.84. The van der Waals surface area contributed by atoms with Crippen LogP contribution >= 0.6 is 0 Å². The summed E-state index contributed by atoms with van der Waals surface area (Å²) in [5.41, 5.74) is 0. The van der Waals surface area contributed by atoms with Crippen molar-refractivity contribution >= 4 is 0 Å². The fraction of sp³-hybridized carbons (Fsp3) is 1.00. The number of rotatable bonds is 2. The van der Waals surface area contributed by atoms with Crippen LogP contribution in [0.15, 0.2) is 0 Å². The number of hydrogen-bond donors (Lipinski definition) is 1. The van der Waals surface area contributed by atoms with E-state index in [4.69, 9.17) is 9.84 Å². The number of aliphatic hydroxyl groups excluding tert-OH is 1. The van der Waals surface area contributed by atoms with Crippen molar-refractivity contribution in [1.82, 2.24) is 0 Å². The lowest BCUT2D eigenvalue weighted by atomic mass is 10.5. The van der Waals surface area contributed by atoms with Crippen LogP contribution in [0.5, 0.6) is 0 Å². The molecule has 0 aromatic rings. The molecule has 0 rings (SSSR count). The standard InChI is InChI=1S/C4H10O.CH4O/c1-3-4-5-2;1-2/h3-4H2,1-2H3;2H,1H3. The molecule has 0 amide bonds. The molecule has 0 bridgehead atoms. The van der Waals surface area contributed by atoms with E-state index in [-0.39, 0.29) is 0 Å². The van der Waals surface area contributed by atoms with Crippen LogP contribution in [0.3, 0.4) is 0 Å². The first-order valence-corrected chi connectivity index (χ1v) is 2.35. The lowest BCUT2D eigenvalue weighted by Crippen LogP contribution is -1.80. The van der Waals surface area contributed by atoms with Gasteiger partial charge in [0.2, 0.25) is 0 Å². The summed E-state index contributed by atoms with van der Waals surface area (Å²) in [5.74, 6) is 0. The maximum atomic E-state index is 7.00. The summed E-state index contributed by atoms with van der Waals surface area (Å²) in [6.45, 7) is 2.98. The van der Waals surface area contributed by atoms with Crippen molar-refractivity contribution in [2.75, 3.05) is 20.8 Å². The van der Waals surface area contributed by atoms with Gasteiger partial charge in [-0.1, -0.05) is 6.92 Å². The molecule has 0 unspecified atom stereocenters. The minimum atomic E-state index is 0.889. The predicted octanol–water partition coefficient (Wildman–Crippen LogP) is 0.651. The molecule has 0 aliphatic rings. The van der Waals surface area contributed by atoms with E-state index in [0.717, 1.165) is 20.1 Å². The molecule has 0 aromatic heterocycles. The van der Waals surface area contributed by atoms with E-state index in [1.54, 1.807) is 7.11 Å². The van der Waals surface area contributed by atoms with Gasteiger partial charge in [-0.25, -0.2) is 0 Å². The van der Waals surface area contributed by atoms with Gasteiger partial charge in [-0.3, -0.25) is 0 Å². The average Bonchev–Trinajstić information content (AvgIpc) is 1.75. The highest BCUT2D eigenvalue weighted by molar-refractivity contribution is 4.15. The minimum Gasteiger partial charge on any atom is -0.400 e. The highest BCUT2D eigenvalue weighted by Crippen LogP contribution is 1.70. The van der Waals surface area contributed by atoms with Gasteiger partial charge in [0.1, 0.15) is 0 Å². The SMILES string of the molecule is CCCOC.CO. The monoisotopic (exact) mass is 106 g/mol. The van der Waals surface area contributed by atoms with E-state index in [9.17, 15) is 0 Å². The van der Waals surface area contributed by atoms with Gasteiger partial charge in [0, 0.05) is 20.8 Å². The smallest absolute Gasteiger partial charge is 0.0459 e. The van der Waals surface area contributed by atoms with E-state index in [0.29, 0.717) is 0 Å². The Kier molecular flexibility index (Phi) is 24.1. The third kappa shape index (κ3) is 24.7. The second-order valence-electron chi connectivity index (χ2n) is 0.993. The van der Waals surface area contributed by atoms with Gasteiger partial charge in [0.15, 0.2) is 0 Å². The Labute approximate surface area is 45.1 Å². The Bertz CT molecular complexity index is 13.6. The zero-order chi connectivity index (χ0) is 6.12. The fourth-order valence-electron chi connectivity index (χ4n) is 0.204. The molecular formula is C5H14O2. The first-order valence-electron chi connectivity index (χ1n) is 2.35. The van der Waals surface area contributed by atoms with Gasteiger partial charge in [-0.05, 0) is 6.42 Å². The number of aliphatic hydroxyl groups is 1. The molecule has 0 aromatic carbocycles. The fourth-order valence-corrected chi connectivity index (χ4v) is 0.204. The van der Waals surface area contributed by atoms with Crippen LogP contribution in [0.1, 0.15) is 13.3 Å². The Balaban J connectivity index is 0. The van der Waals surface area contributed by atoms with Gasteiger partial charge in [-0.2, -0.15) is 0 Å². The molecule has 0 atom stereocenters. The van der Waals surface area contributed by atoms with Crippen molar-refractivity contribution in [3.63, 3.8) is 0 Å². The Morgan fingerprint density at radius 3 is 1.86 bits per heavy atom. The molecule has 0 fully saturated rings. The van der Waals surface area contributed by atoms with Crippen LogP contribution in [0.2, 0.25) is 0 Å². The summed E-state index contributed by atoms with van der Waals surface area (Å²) >= 11 is 0. The molecule has 46 valence electrons. The topological polar surface area (TPSA) is 29.5 Å². The summed E-state index contributed by atoms with van der Waals surface area (Å²) in [7, 11) is 2.71. The maximum absolute atomic E-state index is 7.00. The molecule has 0 saturated heterocycles. The molecule has 2 heteroatoms. The maximum Gasteiger partial charge on any atom is 0.0459 e. The highest BCUT2D eigenvalue weighted by atomic mass is 16.5. The minimum absolute atomic E-state index is 0.889. The summed E-state index contributed by atoms with van der Waals surface area (Å²) in [5, 5.41) is 7.00. The zero-order valence-corrected chi connectivity index (χ0v) is 5.27. The predicted molar refractivity (Wildman–Crippen MR) is 30.3 cm³/mol. The van der Waals surface area contributed by atoms with Crippen LogP contribution in [0, 0.1) is 0 Å². The molecule has 1 N–H and O–H groups in total. The normalized spacial score (nSPS) is 6.86. The van der Waals surface area contributed by atoms with Crippen LogP contribution in [-0.2, 0) is 4.74 Å². The largest absolute Gasteiger partial charge is 0.400 e. The van der Waals surface area contributed by atoms with E-state index >= 15 is 0 Å². The summed E-state index contributed by atoms with van der Waals surface area (Å²) in [6.07, 6.45) is 1.12. The van der Waals surface area contributed by atoms with Crippen molar-refractivity contribution in [1.29, 1.82) is 0 Å². The van der Waals surface area contributed by atoms with Crippen molar-refractivity contribution < 1.29 is 9.84 Å². The van der Waals surface area contributed by atoms with Crippen molar-refractivity contribution in [3.05, 3.63) is 0 Å². The van der Waals surface area contributed by atoms with Crippen LogP contribution in [0.4, 0.5) is 0 Å². The van der Waals surface area contributed by atoms with Gasteiger partial charge in [-0.15, -0.1) is 0 Å². The Morgan fingerprint density at radius 2 is 1.86 bits per heavy atom. The Hall–Kier alpha value is -0.0800. The molecule has 0 saturated carbocycles.